The van der Waals surface area contributed by atoms with Crippen molar-refractivity contribution in [2.24, 2.45) is 7.05 Å². The molecule has 1 heterocycles. The highest BCUT2D eigenvalue weighted by molar-refractivity contribution is 7.92. The Bertz CT molecular complexity index is 1130. The number of anilines is 2. The molecule has 0 spiro atoms. The molecule has 3 aromatic rings. The maximum Gasteiger partial charge on any atom is 0.261 e. The van der Waals surface area contributed by atoms with Crippen LogP contribution in [0.3, 0.4) is 0 Å². The summed E-state index contributed by atoms with van der Waals surface area (Å²) in [6.45, 7) is 1.67. The molecule has 0 atom stereocenters. The molecule has 0 saturated carbocycles. The largest absolute Gasteiger partial charge is 0.322 e. The molecule has 2 N–H and O–H groups in total. The van der Waals surface area contributed by atoms with Crippen molar-refractivity contribution in [3.63, 3.8) is 0 Å². The standard InChI is InChI=1S/C18H16ClFN4O3S/c1-11-16(17(19)24(2)22-11)18(25)21-13-5-7-14(8-6-13)23-28(26,27)15-9-3-12(20)4-10-15/h3-10,23H,1-2H3,(H,21,25). The number of benzene rings is 2. The monoisotopic (exact) mass is 422 g/mol. The van der Waals surface area contributed by atoms with Crippen LogP contribution in [0.25, 0.3) is 0 Å². The Kier molecular flexibility index (Phi) is 5.39. The predicted molar refractivity (Wildman–Crippen MR) is 105 cm³/mol. The average Bonchev–Trinajstić information content (AvgIpc) is 2.89. The highest BCUT2D eigenvalue weighted by Crippen LogP contribution is 2.22. The summed E-state index contributed by atoms with van der Waals surface area (Å²) in [5.74, 6) is -0.946. The number of aryl methyl sites for hydroxylation is 2. The van der Waals surface area contributed by atoms with E-state index in [0.29, 0.717) is 11.4 Å². The molecule has 0 aliphatic heterocycles. The molecule has 1 amide bonds. The lowest BCUT2D eigenvalue weighted by atomic mass is 10.2. The molecular formula is C18H16ClFN4O3S. The fourth-order valence-corrected chi connectivity index (χ4v) is 3.85. The van der Waals surface area contributed by atoms with E-state index in [1.165, 1.54) is 28.9 Å². The first-order valence-corrected chi connectivity index (χ1v) is 9.92. The van der Waals surface area contributed by atoms with Gasteiger partial charge < -0.3 is 5.32 Å². The lowest BCUT2D eigenvalue weighted by Gasteiger charge is -2.10. The Morgan fingerprint density at radius 1 is 1.07 bits per heavy atom. The van der Waals surface area contributed by atoms with E-state index in [1.807, 2.05) is 0 Å². The van der Waals surface area contributed by atoms with Gasteiger partial charge in [-0.2, -0.15) is 5.10 Å². The Labute approximate surface area is 166 Å². The minimum Gasteiger partial charge on any atom is -0.322 e. The van der Waals surface area contributed by atoms with Crippen molar-refractivity contribution in [2.45, 2.75) is 11.8 Å². The smallest absolute Gasteiger partial charge is 0.261 e. The summed E-state index contributed by atoms with van der Waals surface area (Å²) in [5.41, 5.74) is 1.51. The molecule has 10 heteroatoms. The van der Waals surface area contributed by atoms with Gasteiger partial charge in [-0.1, -0.05) is 11.6 Å². The lowest BCUT2D eigenvalue weighted by Crippen LogP contribution is -2.14. The van der Waals surface area contributed by atoms with Crippen LogP contribution in [0.15, 0.2) is 53.4 Å². The molecule has 0 unspecified atom stereocenters. The third-order valence-electron chi connectivity index (χ3n) is 3.90. The first kappa shape index (κ1) is 19.8. The van der Waals surface area contributed by atoms with E-state index in [4.69, 9.17) is 11.6 Å². The van der Waals surface area contributed by atoms with E-state index in [1.54, 1.807) is 26.1 Å². The Morgan fingerprint density at radius 3 is 2.18 bits per heavy atom. The summed E-state index contributed by atoms with van der Waals surface area (Å²) >= 11 is 6.08. The van der Waals surface area contributed by atoms with Crippen LogP contribution in [0.5, 0.6) is 0 Å². The quantitative estimate of drug-likeness (QED) is 0.657. The average molecular weight is 423 g/mol. The highest BCUT2D eigenvalue weighted by atomic mass is 35.5. The van der Waals surface area contributed by atoms with Gasteiger partial charge in [0.15, 0.2) is 0 Å². The molecule has 0 saturated heterocycles. The van der Waals surface area contributed by atoms with Crippen LogP contribution >= 0.6 is 11.6 Å². The summed E-state index contributed by atoms with van der Waals surface area (Å²) in [6, 6.07) is 10.6. The van der Waals surface area contributed by atoms with Crippen LogP contribution in [0.1, 0.15) is 16.1 Å². The predicted octanol–water partition coefficient (Wildman–Crippen LogP) is 3.57. The number of amides is 1. The van der Waals surface area contributed by atoms with Gasteiger partial charge in [0.25, 0.3) is 15.9 Å². The van der Waals surface area contributed by atoms with E-state index in [2.05, 4.69) is 15.1 Å². The zero-order valence-electron chi connectivity index (χ0n) is 14.9. The third kappa shape index (κ3) is 4.15. The van der Waals surface area contributed by atoms with Crippen LogP contribution in [0, 0.1) is 12.7 Å². The molecule has 146 valence electrons. The van der Waals surface area contributed by atoms with Gasteiger partial charge in [-0.3, -0.25) is 14.2 Å². The summed E-state index contributed by atoms with van der Waals surface area (Å²) in [4.78, 5) is 12.3. The van der Waals surface area contributed by atoms with Crippen LogP contribution < -0.4 is 10.0 Å². The number of sulfonamides is 1. The number of hydrogen-bond acceptors (Lipinski definition) is 4. The fourth-order valence-electron chi connectivity index (χ4n) is 2.53. The summed E-state index contributed by atoms with van der Waals surface area (Å²) in [5, 5.41) is 6.99. The van der Waals surface area contributed by atoms with E-state index < -0.39 is 21.7 Å². The molecule has 7 nitrogen and oxygen atoms in total. The number of halogens is 2. The second-order valence-electron chi connectivity index (χ2n) is 5.97. The molecule has 0 aliphatic rings. The van der Waals surface area contributed by atoms with Crippen molar-refractivity contribution in [2.75, 3.05) is 10.0 Å². The molecule has 0 aliphatic carbocycles. The second-order valence-corrected chi connectivity index (χ2v) is 8.01. The molecule has 0 fully saturated rings. The fraction of sp³-hybridized carbons (Fsp3) is 0.111. The van der Waals surface area contributed by atoms with Crippen LogP contribution in [-0.2, 0) is 17.1 Å². The van der Waals surface area contributed by atoms with Gasteiger partial charge in [0, 0.05) is 18.4 Å². The lowest BCUT2D eigenvalue weighted by molar-refractivity contribution is 0.102. The SMILES string of the molecule is Cc1nn(C)c(Cl)c1C(=O)Nc1ccc(NS(=O)(=O)c2ccc(F)cc2)cc1. The topological polar surface area (TPSA) is 93.1 Å². The van der Waals surface area contributed by atoms with E-state index in [-0.39, 0.29) is 21.3 Å². The van der Waals surface area contributed by atoms with Crippen LogP contribution in [0.2, 0.25) is 5.15 Å². The van der Waals surface area contributed by atoms with Crippen LogP contribution in [0.4, 0.5) is 15.8 Å². The van der Waals surface area contributed by atoms with Crippen molar-refractivity contribution in [3.8, 4) is 0 Å². The maximum absolute atomic E-state index is 13.0. The minimum atomic E-state index is -3.85. The molecule has 0 radical (unpaired) electrons. The summed E-state index contributed by atoms with van der Waals surface area (Å²) in [7, 11) is -2.22. The van der Waals surface area contributed by atoms with E-state index in [9.17, 15) is 17.6 Å². The van der Waals surface area contributed by atoms with Crippen molar-refractivity contribution in [3.05, 3.63) is 70.8 Å². The highest BCUT2D eigenvalue weighted by Gasteiger charge is 2.19. The van der Waals surface area contributed by atoms with Gasteiger partial charge in [0.1, 0.15) is 11.0 Å². The van der Waals surface area contributed by atoms with Gasteiger partial charge in [-0.15, -0.1) is 0 Å². The molecule has 2 aromatic carbocycles. The number of aromatic nitrogens is 2. The molecule has 1 aromatic heterocycles. The Hall–Kier alpha value is -2.91. The Morgan fingerprint density at radius 2 is 1.64 bits per heavy atom. The normalized spacial score (nSPS) is 11.3. The van der Waals surface area contributed by atoms with Crippen molar-refractivity contribution >= 4 is 38.9 Å². The number of rotatable bonds is 5. The van der Waals surface area contributed by atoms with Crippen molar-refractivity contribution < 1.29 is 17.6 Å². The number of nitrogens with zero attached hydrogens (tertiary/aromatic N) is 2. The summed E-state index contributed by atoms with van der Waals surface area (Å²) in [6.07, 6.45) is 0. The van der Waals surface area contributed by atoms with Gasteiger partial charge >= 0.3 is 0 Å². The Balaban J connectivity index is 1.73. The first-order chi connectivity index (χ1) is 13.2. The van der Waals surface area contributed by atoms with Crippen molar-refractivity contribution in [1.29, 1.82) is 0 Å². The molecule has 0 bridgehead atoms. The van der Waals surface area contributed by atoms with E-state index >= 15 is 0 Å². The number of hydrogen-bond donors (Lipinski definition) is 2. The zero-order chi connectivity index (χ0) is 20.5. The van der Waals surface area contributed by atoms with Gasteiger partial charge in [-0.05, 0) is 55.5 Å². The number of nitrogens with one attached hydrogen (secondary N) is 2. The number of carbonyl (C=O) groups is 1. The van der Waals surface area contributed by atoms with Gasteiger partial charge in [0.2, 0.25) is 0 Å². The first-order valence-electron chi connectivity index (χ1n) is 8.06. The van der Waals surface area contributed by atoms with E-state index in [0.717, 1.165) is 12.1 Å². The molecule has 28 heavy (non-hydrogen) atoms. The maximum atomic E-state index is 13.0. The van der Waals surface area contributed by atoms with Gasteiger partial charge in [-0.25, -0.2) is 12.8 Å². The minimum absolute atomic E-state index is 0.0621. The summed E-state index contributed by atoms with van der Waals surface area (Å²) < 4.78 is 41.4. The number of carbonyl (C=O) groups excluding carboxylic acids is 1. The van der Waals surface area contributed by atoms with Crippen molar-refractivity contribution in [1.82, 2.24) is 9.78 Å². The molecule has 3 rings (SSSR count). The molecular weight excluding hydrogens is 407 g/mol. The third-order valence-corrected chi connectivity index (χ3v) is 5.73. The second kappa shape index (κ2) is 7.61. The van der Waals surface area contributed by atoms with Crippen LogP contribution in [-0.4, -0.2) is 24.1 Å². The van der Waals surface area contributed by atoms with Gasteiger partial charge in [0.05, 0.1) is 16.2 Å². The zero-order valence-corrected chi connectivity index (χ0v) is 16.5.